The zero-order valence-corrected chi connectivity index (χ0v) is 13.9. The van der Waals surface area contributed by atoms with Gasteiger partial charge in [0, 0.05) is 5.54 Å². The highest BCUT2D eigenvalue weighted by Gasteiger charge is 2.60. The van der Waals surface area contributed by atoms with Crippen LogP contribution in [0.5, 0.6) is 0 Å². The molecule has 2 aliphatic heterocycles. The van der Waals surface area contributed by atoms with E-state index in [1.165, 1.54) is 0 Å². The third-order valence-corrected chi connectivity index (χ3v) is 4.61. The first kappa shape index (κ1) is 16.2. The Labute approximate surface area is 125 Å². The van der Waals surface area contributed by atoms with Crippen LogP contribution in [-0.2, 0) is 5.21 Å². The minimum atomic E-state index is -0.893. The quantitative estimate of drug-likeness (QED) is 0.547. The van der Waals surface area contributed by atoms with Crippen LogP contribution in [0.25, 0.3) is 0 Å². The Morgan fingerprint density at radius 1 is 1.19 bits per heavy atom. The van der Waals surface area contributed by atoms with Crippen LogP contribution >= 0.6 is 0 Å². The number of nitro groups is 1. The molecule has 2 rings (SSSR count). The first-order valence-electron chi connectivity index (χ1n) is 7.19. The number of rotatable bonds is 1. The molecule has 7 heteroatoms. The maximum absolute atomic E-state index is 12.6. The summed E-state index contributed by atoms with van der Waals surface area (Å²) in [4.78, 5) is 15.1. The lowest BCUT2D eigenvalue weighted by atomic mass is 9.97. The highest BCUT2D eigenvalue weighted by Crippen LogP contribution is 2.47. The first-order chi connectivity index (χ1) is 9.31. The van der Waals surface area contributed by atoms with Crippen molar-refractivity contribution in [2.24, 2.45) is 0 Å². The zero-order chi connectivity index (χ0) is 16.4. The maximum atomic E-state index is 12.6. The van der Waals surface area contributed by atoms with E-state index in [2.05, 4.69) is 0 Å². The predicted molar refractivity (Wildman–Crippen MR) is 77.9 cm³/mol. The lowest BCUT2D eigenvalue weighted by Gasteiger charge is -2.45. The number of hydrogen-bond acceptors (Lipinski definition) is 5. The van der Waals surface area contributed by atoms with Crippen LogP contribution in [0, 0.1) is 10.1 Å². The van der Waals surface area contributed by atoms with Crippen LogP contribution in [0.4, 0.5) is 0 Å². The fourth-order valence-electron chi connectivity index (χ4n) is 3.32. The fourth-order valence-corrected chi connectivity index (χ4v) is 3.32. The number of nitrogens with zero attached hydrogens (tertiary/aromatic N) is 4. The molecule has 0 aromatic rings. The molecule has 0 unspecified atom stereocenters. The van der Waals surface area contributed by atoms with Crippen molar-refractivity contribution in [1.29, 1.82) is 0 Å². The van der Waals surface area contributed by atoms with Crippen molar-refractivity contribution < 1.29 is 10.1 Å². The normalized spacial score (nSPS) is 26.2. The Hall–Kier alpha value is -1.18. The van der Waals surface area contributed by atoms with E-state index in [0.29, 0.717) is 12.4 Å². The van der Waals surface area contributed by atoms with Gasteiger partial charge >= 0.3 is 0 Å². The van der Waals surface area contributed by atoms with Crippen molar-refractivity contribution in [2.75, 3.05) is 13.2 Å². The molecule has 2 aliphatic rings. The molecule has 1 saturated heterocycles. The summed E-state index contributed by atoms with van der Waals surface area (Å²) in [6.45, 7) is 14.0. The Morgan fingerprint density at radius 3 is 2.14 bits per heavy atom. The molecule has 7 nitrogen and oxygen atoms in total. The third-order valence-electron chi connectivity index (χ3n) is 4.61. The van der Waals surface area contributed by atoms with Crippen LogP contribution in [-0.4, -0.2) is 49.7 Å². The minimum Gasteiger partial charge on any atom is -0.335 e. The van der Waals surface area contributed by atoms with E-state index in [1.54, 1.807) is 13.8 Å². The molecular formula is C14H25N4O3. The van der Waals surface area contributed by atoms with E-state index < -0.39 is 11.2 Å². The monoisotopic (exact) mass is 297 g/mol. The van der Waals surface area contributed by atoms with Crippen LogP contribution in [0.2, 0.25) is 0 Å². The van der Waals surface area contributed by atoms with Gasteiger partial charge < -0.3 is 4.90 Å². The number of hydrogen-bond donors (Lipinski definition) is 0. The molecule has 2 heterocycles. The summed E-state index contributed by atoms with van der Waals surface area (Å²) >= 11 is 0. The van der Waals surface area contributed by atoms with Crippen molar-refractivity contribution in [3.63, 3.8) is 0 Å². The van der Waals surface area contributed by atoms with E-state index in [4.69, 9.17) is 0 Å². The number of hydroxylamine groups is 2. The topological polar surface area (TPSA) is 72.8 Å². The van der Waals surface area contributed by atoms with E-state index in [-0.39, 0.29) is 22.7 Å². The molecule has 21 heavy (non-hydrogen) atoms. The predicted octanol–water partition coefficient (Wildman–Crippen LogP) is 2.02. The molecule has 0 amide bonds. The van der Waals surface area contributed by atoms with Crippen molar-refractivity contribution in [1.82, 2.24) is 14.9 Å². The van der Waals surface area contributed by atoms with Gasteiger partial charge in [0.05, 0.1) is 23.7 Å². The summed E-state index contributed by atoms with van der Waals surface area (Å²) in [5.41, 5.74) is -1.22. The van der Waals surface area contributed by atoms with Gasteiger partial charge in [0.25, 0.3) is 5.70 Å². The highest BCUT2D eigenvalue weighted by atomic mass is 16.6. The van der Waals surface area contributed by atoms with Crippen LogP contribution in [0.1, 0.15) is 48.5 Å². The van der Waals surface area contributed by atoms with E-state index >= 15 is 0 Å². The molecule has 0 saturated carbocycles. The largest absolute Gasteiger partial charge is 0.335 e. The Kier molecular flexibility index (Phi) is 3.40. The zero-order valence-electron chi connectivity index (χ0n) is 13.9. The number of fused-ring (bicyclic) bond motifs is 1. The van der Waals surface area contributed by atoms with Gasteiger partial charge in [-0.15, -0.1) is 10.3 Å². The molecule has 119 valence electrons. The molecule has 0 aromatic carbocycles. The van der Waals surface area contributed by atoms with Gasteiger partial charge in [-0.3, -0.25) is 15.0 Å². The summed E-state index contributed by atoms with van der Waals surface area (Å²) in [5, 5.41) is 25.2. The van der Waals surface area contributed by atoms with Crippen LogP contribution < -0.4 is 0 Å². The third kappa shape index (κ3) is 2.23. The van der Waals surface area contributed by atoms with Crippen molar-refractivity contribution in [3.05, 3.63) is 21.5 Å². The second-order valence-electron chi connectivity index (χ2n) is 7.84. The van der Waals surface area contributed by atoms with Crippen molar-refractivity contribution >= 4 is 0 Å². The summed E-state index contributed by atoms with van der Waals surface area (Å²) in [5.74, 6) is 0. The average Bonchev–Trinajstić information content (AvgIpc) is 2.46. The van der Waals surface area contributed by atoms with E-state index in [0.717, 1.165) is 5.06 Å². The molecule has 1 fully saturated rings. The molecule has 0 N–H and O–H groups in total. The molecule has 0 spiro atoms. The van der Waals surface area contributed by atoms with Gasteiger partial charge in [0.15, 0.2) is 0 Å². The van der Waals surface area contributed by atoms with E-state index in [1.807, 2.05) is 44.4 Å². The summed E-state index contributed by atoms with van der Waals surface area (Å²) in [6.07, 6.45) is 0. The molecule has 0 atom stereocenters. The lowest BCUT2D eigenvalue weighted by Crippen LogP contribution is -2.57. The average molecular weight is 297 g/mol. The van der Waals surface area contributed by atoms with Gasteiger partial charge in [-0.2, -0.15) is 0 Å². The lowest BCUT2D eigenvalue weighted by molar-refractivity contribution is -0.433. The first-order valence-corrected chi connectivity index (χ1v) is 7.19. The van der Waals surface area contributed by atoms with Gasteiger partial charge in [-0.25, -0.2) is 0 Å². The fraction of sp³-hybridized carbons (Fsp3) is 0.857. The second kappa shape index (κ2) is 4.41. The van der Waals surface area contributed by atoms with Gasteiger partial charge in [0.2, 0.25) is 0 Å². The molecular weight excluding hydrogens is 272 g/mol. The van der Waals surface area contributed by atoms with Crippen molar-refractivity contribution in [2.45, 2.75) is 65.2 Å². The molecule has 0 aromatic heterocycles. The van der Waals surface area contributed by atoms with Crippen LogP contribution in [0.3, 0.4) is 0 Å². The summed E-state index contributed by atoms with van der Waals surface area (Å²) in [6, 6.07) is 0. The van der Waals surface area contributed by atoms with Gasteiger partial charge in [-0.05, 0) is 48.5 Å². The minimum absolute atomic E-state index is 0.132. The molecule has 0 aliphatic carbocycles. The Morgan fingerprint density at radius 2 is 1.71 bits per heavy atom. The Balaban J connectivity index is 2.62. The van der Waals surface area contributed by atoms with E-state index in [9.17, 15) is 15.3 Å². The summed E-state index contributed by atoms with van der Waals surface area (Å²) < 4.78 is 0. The second-order valence-corrected chi connectivity index (χ2v) is 7.84. The Bertz CT molecular complexity index is 505. The van der Waals surface area contributed by atoms with Gasteiger partial charge in [-0.1, -0.05) is 0 Å². The smallest absolute Gasteiger partial charge is 0.281 e. The summed E-state index contributed by atoms with van der Waals surface area (Å²) in [7, 11) is 0. The van der Waals surface area contributed by atoms with Crippen molar-refractivity contribution in [3.8, 4) is 0 Å². The SMILES string of the molecule is CC(C)(C)N1CC([N+](=O)[O-])=C2N(C1)C(C)(C)N([O])C2(C)C. The van der Waals surface area contributed by atoms with Gasteiger partial charge in [0.1, 0.15) is 11.4 Å². The highest BCUT2D eigenvalue weighted by molar-refractivity contribution is 5.30. The maximum Gasteiger partial charge on any atom is 0.281 e. The molecule has 1 radical (unpaired) electrons. The standard InChI is InChI=1S/C14H25N4O3/c1-12(2,3)15-8-10(17(19)20)11-13(4,5)18(21)14(6,7)16(11)9-15/h8-9H2,1-7H3. The molecule has 0 bridgehead atoms. The van der Waals surface area contributed by atoms with Crippen LogP contribution in [0.15, 0.2) is 11.4 Å².